The van der Waals surface area contributed by atoms with E-state index in [0.717, 1.165) is 11.2 Å². The van der Waals surface area contributed by atoms with E-state index in [1.165, 1.54) is 0 Å². The molecule has 102 valence electrons. The van der Waals surface area contributed by atoms with Gasteiger partial charge < -0.3 is 9.47 Å². The van der Waals surface area contributed by atoms with Crippen molar-refractivity contribution in [2.45, 2.75) is 6.61 Å². The predicted molar refractivity (Wildman–Crippen MR) is 77.5 cm³/mol. The number of rotatable bonds is 4. The second-order valence-corrected chi connectivity index (χ2v) is 4.56. The number of imidazole rings is 1. The van der Waals surface area contributed by atoms with Crippen LogP contribution in [0.4, 0.5) is 0 Å². The summed E-state index contributed by atoms with van der Waals surface area (Å²) in [6.45, 7) is 0.334. The largest absolute Gasteiger partial charge is 0.493 e. The van der Waals surface area contributed by atoms with Crippen LogP contribution in [0.15, 0.2) is 48.7 Å². The molecule has 0 aliphatic heterocycles. The lowest BCUT2D eigenvalue weighted by Gasteiger charge is -2.09. The highest BCUT2D eigenvalue weighted by atomic mass is 35.5. The molecular weight excluding hydrogens is 276 g/mol. The fraction of sp³-hybridized carbons (Fsp3) is 0.133. The van der Waals surface area contributed by atoms with Gasteiger partial charge in [-0.05, 0) is 35.9 Å². The summed E-state index contributed by atoms with van der Waals surface area (Å²) in [7, 11) is 1.62. The number of ether oxygens (including phenoxy) is 2. The zero-order valence-corrected chi connectivity index (χ0v) is 11.7. The van der Waals surface area contributed by atoms with Crippen LogP contribution in [0.5, 0.6) is 11.5 Å². The summed E-state index contributed by atoms with van der Waals surface area (Å²) in [4.78, 5) is 4.32. The number of benzene rings is 1. The summed E-state index contributed by atoms with van der Waals surface area (Å²) >= 11 is 6.09. The number of halogens is 1. The highest BCUT2D eigenvalue weighted by molar-refractivity contribution is 6.28. The lowest BCUT2D eigenvalue weighted by molar-refractivity contribution is 0.282. The van der Waals surface area contributed by atoms with E-state index in [1.54, 1.807) is 7.11 Å². The zero-order chi connectivity index (χ0) is 13.9. The molecule has 0 aliphatic carbocycles. The SMILES string of the molecule is COc1ccccc1OCc1nc(Cl)n2ccccc12. The van der Waals surface area contributed by atoms with E-state index in [-0.39, 0.29) is 0 Å². The summed E-state index contributed by atoms with van der Waals surface area (Å²) in [6, 6.07) is 13.3. The summed E-state index contributed by atoms with van der Waals surface area (Å²) in [6.07, 6.45) is 1.87. The fourth-order valence-corrected chi connectivity index (χ4v) is 2.30. The van der Waals surface area contributed by atoms with Crippen molar-refractivity contribution in [1.29, 1.82) is 0 Å². The molecule has 0 N–H and O–H groups in total. The van der Waals surface area contributed by atoms with Gasteiger partial charge in [0.1, 0.15) is 12.3 Å². The summed E-state index contributed by atoms with van der Waals surface area (Å²) in [5.74, 6) is 1.38. The minimum Gasteiger partial charge on any atom is -0.493 e. The average Bonchev–Trinajstić information content (AvgIpc) is 2.82. The van der Waals surface area contributed by atoms with Gasteiger partial charge in [0.2, 0.25) is 5.28 Å². The molecule has 5 heteroatoms. The van der Waals surface area contributed by atoms with Crippen LogP contribution in [0, 0.1) is 0 Å². The van der Waals surface area contributed by atoms with Crippen LogP contribution in [0.25, 0.3) is 5.52 Å². The first-order chi connectivity index (χ1) is 9.79. The van der Waals surface area contributed by atoms with Gasteiger partial charge in [0.25, 0.3) is 0 Å². The van der Waals surface area contributed by atoms with Crippen LogP contribution in [-0.4, -0.2) is 16.5 Å². The third-order valence-corrected chi connectivity index (χ3v) is 3.28. The molecular formula is C15H13ClN2O2. The van der Waals surface area contributed by atoms with Crippen molar-refractivity contribution in [2.24, 2.45) is 0 Å². The van der Waals surface area contributed by atoms with E-state index < -0.39 is 0 Å². The standard InChI is InChI=1S/C15H13ClN2O2/c1-19-13-7-2-3-8-14(13)20-10-11-12-6-4-5-9-18(12)15(16)17-11/h2-9H,10H2,1H3. The first-order valence-corrected chi connectivity index (χ1v) is 6.54. The normalized spacial score (nSPS) is 10.7. The Morgan fingerprint density at radius 1 is 1.10 bits per heavy atom. The highest BCUT2D eigenvalue weighted by Crippen LogP contribution is 2.27. The van der Waals surface area contributed by atoms with Crippen molar-refractivity contribution in [1.82, 2.24) is 9.38 Å². The maximum absolute atomic E-state index is 6.09. The Morgan fingerprint density at radius 3 is 2.65 bits per heavy atom. The molecule has 2 aromatic heterocycles. The first-order valence-electron chi connectivity index (χ1n) is 6.17. The van der Waals surface area contributed by atoms with Gasteiger partial charge >= 0.3 is 0 Å². The topological polar surface area (TPSA) is 35.8 Å². The van der Waals surface area contributed by atoms with E-state index in [1.807, 2.05) is 53.1 Å². The molecule has 0 atom stereocenters. The second kappa shape index (κ2) is 5.43. The average molecular weight is 289 g/mol. The molecule has 0 spiro atoms. The first kappa shape index (κ1) is 12.8. The molecule has 0 unspecified atom stereocenters. The molecule has 0 amide bonds. The van der Waals surface area contributed by atoms with Gasteiger partial charge in [0, 0.05) is 6.20 Å². The lowest BCUT2D eigenvalue weighted by atomic mass is 10.3. The second-order valence-electron chi connectivity index (χ2n) is 4.22. The Balaban J connectivity index is 1.87. The van der Waals surface area contributed by atoms with Crippen LogP contribution < -0.4 is 9.47 Å². The van der Waals surface area contributed by atoms with E-state index in [2.05, 4.69) is 4.98 Å². The Kier molecular flexibility index (Phi) is 3.48. The number of hydrogen-bond acceptors (Lipinski definition) is 3. The van der Waals surface area contributed by atoms with Crippen LogP contribution in [-0.2, 0) is 6.61 Å². The maximum atomic E-state index is 6.09. The quantitative estimate of drug-likeness (QED) is 0.736. The van der Waals surface area contributed by atoms with E-state index in [4.69, 9.17) is 21.1 Å². The van der Waals surface area contributed by atoms with Crippen LogP contribution in [0.3, 0.4) is 0 Å². The molecule has 4 nitrogen and oxygen atoms in total. The molecule has 2 heterocycles. The Hall–Kier alpha value is -2.20. The van der Waals surface area contributed by atoms with Gasteiger partial charge in [0.15, 0.2) is 11.5 Å². The van der Waals surface area contributed by atoms with Gasteiger partial charge in [0.05, 0.1) is 12.6 Å². The molecule has 1 aromatic carbocycles. The number of hydrogen-bond donors (Lipinski definition) is 0. The van der Waals surface area contributed by atoms with Gasteiger partial charge in [-0.2, -0.15) is 0 Å². The number of aromatic nitrogens is 2. The Bertz CT molecular complexity index is 740. The monoisotopic (exact) mass is 288 g/mol. The fourth-order valence-electron chi connectivity index (χ4n) is 2.05. The van der Waals surface area contributed by atoms with Crippen molar-refractivity contribution in [3.05, 3.63) is 59.6 Å². The van der Waals surface area contributed by atoms with Crippen molar-refractivity contribution in [3.63, 3.8) is 0 Å². The Labute approximate surface area is 121 Å². The van der Waals surface area contributed by atoms with E-state index in [0.29, 0.717) is 23.4 Å². The Morgan fingerprint density at radius 2 is 1.85 bits per heavy atom. The summed E-state index contributed by atoms with van der Waals surface area (Å²) < 4.78 is 12.8. The van der Waals surface area contributed by atoms with Gasteiger partial charge in [-0.3, -0.25) is 4.40 Å². The predicted octanol–water partition coefficient (Wildman–Crippen LogP) is 3.58. The van der Waals surface area contributed by atoms with Gasteiger partial charge in [-0.15, -0.1) is 0 Å². The van der Waals surface area contributed by atoms with Crippen molar-refractivity contribution in [3.8, 4) is 11.5 Å². The molecule has 0 aliphatic rings. The van der Waals surface area contributed by atoms with Crippen LogP contribution in [0.1, 0.15) is 5.69 Å². The smallest absolute Gasteiger partial charge is 0.207 e. The molecule has 3 aromatic rings. The number of nitrogens with zero attached hydrogens (tertiary/aromatic N) is 2. The van der Waals surface area contributed by atoms with Crippen molar-refractivity contribution in [2.75, 3.05) is 7.11 Å². The molecule has 0 bridgehead atoms. The molecule has 20 heavy (non-hydrogen) atoms. The van der Waals surface area contributed by atoms with Crippen LogP contribution in [0.2, 0.25) is 5.28 Å². The number of methoxy groups -OCH3 is 1. The van der Waals surface area contributed by atoms with Crippen molar-refractivity contribution < 1.29 is 9.47 Å². The molecule has 0 saturated heterocycles. The lowest BCUT2D eigenvalue weighted by Crippen LogP contribution is -1.98. The molecule has 0 radical (unpaired) electrons. The third-order valence-electron chi connectivity index (χ3n) is 3.02. The summed E-state index contributed by atoms with van der Waals surface area (Å²) in [5.41, 5.74) is 1.73. The number of para-hydroxylation sites is 2. The maximum Gasteiger partial charge on any atom is 0.207 e. The van der Waals surface area contributed by atoms with E-state index in [9.17, 15) is 0 Å². The van der Waals surface area contributed by atoms with Crippen LogP contribution >= 0.6 is 11.6 Å². The van der Waals surface area contributed by atoms with E-state index >= 15 is 0 Å². The summed E-state index contributed by atoms with van der Waals surface area (Å²) in [5, 5.41) is 0.430. The van der Waals surface area contributed by atoms with Gasteiger partial charge in [-0.1, -0.05) is 18.2 Å². The minimum atomic E-state index is 0.334. The minimum absolute atomic E-state index is 0.334. The number of pyridine rings is 1. The zero-order valence-electron chi connectivity index (χ0n) is 10.9. The molecule has 3 rings (SSSR count). The van der Waals surface area contributed by atoms with Gasteiger partial charge in [-0.25, -0.2) is 4.98 Å². The third kappa shape index (κ3) is 2.30. The van der Waals surface area contributed by atoms with Crippen molar-refractivity contribution >= 4 is 17.1 Å². The highest BCUT2D eigenvalue weighted by Gasteiger charge is 2.10. The molecule has 0 fully saturated rings. The number of fused-ring (bicyclic) bond motifs is 1. The molecule has 0 saturated carbocycles.